The van der Waals surface area contributed by atoms with Crippen molar-refractivity contribution in [2.45, 2.75) is 96.9 Å². The molecule has 4 fully saturated rings. The van der Waals surface area contributed by atoms with Crippen LogP contribution in [0.2, 0.25) is 0 Å². The van der Waals surface area contributed by atoms with E-state index in [1.54, 1.807) is 0 Å². The van der Waals surface area contributed by atoms with Gasteiger partial charge in [0.1, 0.15) is 0 Å². The monoisotopic (exact) mass is 424 g/mol. The van der Waals surface area contributed by atoms with Gasteiger partial charge < -0.3 is 20.2 Å². The van der Waals surface area contributed by atoms with Crippen LogP contribution in [0.4, 0.5) is 0 Å². The summed E-state index contributed by atoms with van der Waals surface area (Å²) in [6.07, 6.45) is 5.85. The Balaban J connectivity index is 1.58. The van der Waals surface area contributed by atoms with Gasteiger partial charge >= 0.3 is 5.97 Å². The van der Waals surface area contributed by atoms with E-state index in [4.69, 9.17) is 5.26 Å². The van der Waals surface area contributed by atoms with E-state index in [0.29, 0.717) is 18.3 Å². The van der Waals surface area contributed by atoms with Crippen LogP contribution in [0.3, 0.4) is 0 Å². The second-order valence-corrected chi connectivity index (χ2v) is 11.5. The highest BCUT2D eigenvalue weighted by molar-refractivity contribution is 5.68. The maximum atomic E-state index is 11.5. The van der Waals surface area contributed by atoms with Crippen molar-refractivity contribution >= 4 is 5.97 Å². The van der Waals surface area contributed by atoms with Crippen molar-refractivity contribution in [3.05, 3.63) is 0 Å². The Labute approximate surface area is 179 Å². The van der Waals surface area contributed by atoms with Crippen molar-refractivity contribution in [2.75, 3.05) is 0 Å². The van der Waals surface area contributed by atoms with Crippen molar-refractivity contribution in [1.29, 1.82) is 0 Å². The standard InChI is InChI=1S/C24H40O6/c1-13(4-7-21(28)30-29)16-5-6-17-22-18(12-20(27)24(16,17)3)23(2)9-8-15(25)10-14(23)11-19(22)26/h13-20,22,25-27,29H,4-12H2,1-3H3/t13-,14+,15-,16-,17?,18?,19-,20+,22?,23+,24-/m1/s1. The molecule has 6 heteroatoms. The highest BCUT2D eigenvalue weighted by atomic mass is 17.1. The topological polar surface area (TPSA) is 107 Å². The van der Waals surface area contributed by atoms with Gasteiger partial charge in [0, 0.05) is 6.42 Å². The van der Waals surface area contributed by atoms with E-state index < -0.39 is 12.1 Å². The van der Waals surface area contributed by atoms with E-state index >= 15 is 0 Å². The molecule has 0 amide bonds. The largest absolute Gasteiger partial charge is 0.393 e. The number of hydrogen-bond acceptors (Lipinski definition) is 6. The predicted octanol–water partition coefficient (Wildman–Crippen LogP) is 3.38. The first-order valence-electron chi connectivity index (χ1n) is 12.0. The molecule has 0 saturated heterocycles. The van der Waals surface area contributed by atoms with Gasteiger partial charge in [-0.25, -0.2) is 4.79 Å². The number of aliphatic hydroxyl groups excluding tert-OH is 3. The smallest absolute Gasteiger partial charge is 0.342 e. The van der Waals surface area contributed by atoms with E-state index in [2.05, 4.69) is 25.7 Å². The zero-order valence-electron chi connectivity index (χ0n) is 18.7. The summed E-state index contributed by atoms with van der Waals surface area (Å²) in [4.78, 5) is 15.2. The second kappa shape index (κ2) is 8.02. The Morgan fingerprint density at radius 2 is 1.80 bits per heavy atom. The molecule has 4 aliphatic carbocycles. The lowest BCUT2D eigenvalue weighted by Crippen LogP contribution is -2.62. The number of rotatable bonds is 4. The second-order valence-electron chi connectivity index (χ2n) is 11.5. The number of carbonyl (C=O) groups is 1. The number of carbonyl (C=O) groups excluding carboxylic acids is 1. The average molecular weight is 425 g/mol. The van der Waals surface area contributed by atoms with E-state index in [1.807, 2.05) is 0 Å². The van der Waals surface area contributed by atoms with Crippen LogP contribution in [0.5, 0.6) is 0 Å². The minimum Gasteiger partial charge on any atom is -0.393 e. The molecule has 0 spiro atoms. The van der Waals surface area contributed by atoms with Crippen molar-refractivity contribution in [3.8, 4) is 0 Å². The van der Waals surface area contributed by atoms with E-state index in [1.165, 1.54) is 0 Å². The van der Waals surface area contributed by atoms with Crippen LogP contribution in [0.15, 0.2) is 0 Å². The minimum atomic E-state index is -0.605. The summed E-state index contributed by atoms with van der Waals surface area (Å²) in [6.45, 7) is 6.69. The third kappa shape index (κ3) is 3.33. The van der Waals surface area contributed by atoms with Gasteiger partial charge in [-0.2, -0.15) is 5.26 Å². The van der Waals surface area contributed by atoms with Gasteiger partial charge in [-0.05, 0) is 97.7 Å². The molecule has 4 saturated carbocycles. The molecule has 172 valence electrons. The van der Waals surface area contributed by atoms with Crippen LogP contribution in [-0.2, 0) is 9.68 Å². The van der Waals surface area contributed by atoms with Gasteiger partial charge in [0.2, 0.25) is 0 Å². The van der Waals surface area contributed by atoms with E-state index in [-0.39, 0.29) is 53.1 Å². The summed E-state index contributed by atoms with van der Waals surface area (Å²) in [5.74, 6) is 1.03. The van der Waals surface area contributed by atoms with Gasteiger partial charge in [0.25, 0.3) is 0 Å². The van der Waals surface area contributed by atoms with Gasteiger partial charge in [-0.3, -0.25) is 0 Å². The van der Waals surface area contributed by atoms with Crippen LogP contribution < -0.4 is 0 Å². The summed E-state index contributed by atoms with van der Waals surface area (Å²) in [5, 5.41) is 41.5. The predicted molar refractivity (Wildman–Crippen MR) is 111 cm³/mol. The average Bonchev–Trinajstić information content (AvgIpc) is 3.06. The lowest BCUT2D eigenvalue weighted by atomic mass is 9.43. The zero-order valence-corrected chi connectivity index (χ0v) is 18.7. The number of aliphatic hydroxyl groups is 3. The molecule has 30 heavy (non-hydrogen) atoms. The summed E-state index contributed by atoms with van der Waals surface area (Å²) in [6, 6.07) is 0. The minimum absolute atomic E-state index is 0.0834. The summed E-state index contributed by atoms with van der Waals surface area (Å²) in [7, 11) is 0. The Kier molecular flexibility index (Phi) is 6.02. The molecule has 0 heterocycles. The molecule has 0 bridgehead atoms. The fourth-order valence-corrected chi connectivity index (χ4v) is 8.72. The van der Waals surface area contributed by atoms with Gasteiger partial charge in [0.15, 0.2) is 0 Å². The molecule has 0 aromatic heterocycles. The molecule has 0 aromatic carbocycles. The molecule has 3 unspecified atom stereocenters. The van der Waals surface area contributed by atoms with E-state index in [9.17, 15) is 20.1 Å². The van der Waals surface area contributed by atoms with Crippen molar-refractivity contribution in [2.24, 2.45) is 46.3 Å². The molecule has 11 atom stereocenters. The van der Waals surface area contributed by atoms with Crippen LogP contribution in [0.1, 0.15) is 78.6 Å². The molecule has 6 nitrogen and oxygen atoms in total. The summed E-state index contributed by atoms with van der Waals surface area (Å²) >= 11 is 0. The quantitative estimate of drug-likeness (QED) is 0.407. The van der Waals surface area contributed by atoms with Gasteiger partial charge in [-0.1, -0.05) is 20.8 Å². The third-order valence-electron chi connectivity index (χ3n) is 10.4. The summed E-state index contributed by atoms with van der Waals surface area (Å²) < 4.78 is 0. The Hall–Kier alpha value is -0.690. The van der Waals surface area contributed by atoms with Crippen molar-refractivity contribution in [1.82, 2.24) is 0 Å². The van der Waals surface area contributed by atoms with Gasteiger partial charge in [0.05, 0.1) is 18.3 Å². The Morgan fingerprint density at radius 1 is 1.07 bits per heavy atom. The van der Waals surface area contributed by atoms with E-state index in [0.717, 1.165) is 44.9 Å². The highest BCUT2D eigenvalue weighted by Gasteiger charge is 2.65. The Bertz CT molecular complexity index is 654. The molecule has 0 aliphatic heterocycles. The number of hydrogen-bond donors (Lipinski definition) is 4. The SMILES string of the molecule is C[C@H](CCC(=O)OO)[C@H]1CCC2C3C(C[C@H](O)[C@@]21C)[C@@]1(C)CC[C@@H](O)C[C@H]1C[C@H]3O. The van der Waals surface area contributed by atoms with Crippen LogP contribution in [0, 0.1) is 46.3 Å². The fourth-order valence-electron chi connectivity index (χ4n) is 8.72. The molecular formula is C24H40O6. The van der Waals surface area contributed by atoms with Crippen molar-refractivity contribution < 1.29 is 30.3 Å². The lowest BCUT2D eigenvalue weighted by molar-refractivity contribution is -0.234. The first kappa shape index (κ1) is 22.5. The number of fused-ring (bicyclic) bond motifs is 5. The Morgan fingerprint density at radius 3 is 2.50 bits per heavy atom. The fraction of sp³-hybridized carbons (Fsp3) is 0.958. The first-order valence-corrected chi connectivity index (χ1v) is 12.0. The highest BCUT2D eigenvalue weighted by Crippen LogP contribution is 2.68. The van der Waals surface area contributed by atoms with Crippen LogP contribution in [0.25, 0.3) is 0 Å². The normalized spacial score (nSPS) is 51.4. The van der Waals surface area contributed by atoms with Gasteiger partial charge in [-0.15, -0.1) is 0 Å². The molecule has 0 radical (unpaired) electrons. The molecular weight excluding hydrogens is 384 g/mol. The third-order valence-corrected chi connectivity index (χ3v) is 10.4. The molecule has 4 aliphatic rings. The maximum Gasteiger partial charge on any atom is 0.342 e. The molecule has 4 N–H and O–H groups in total. The van der Waals surface area contributed by atoms with Crippen LogP contribution in [-0.4, -0.2) is 44.9 Å². The van der Waals surface area contributed by atoms with Crippen molar-refractivity contribution in [3.63, 3.8) is 0 Å². The lowest BCUT2D eigenvalue weighted by Gasteiger charge is -2.63. The first-order chi connectivity index (χ1) is 14.1. The zero-order chi connectivity index (χ0) is 21.8. The molecule has 0 aromatic rings. The van der Waals surface area contributed by atoms with Crippen LogP contribution >= 0.6 is 0 Å². The summed E-state index contributed by atoms with van der Waals surface area (Å²) in [5.41, 5.74) is -0.178. The maximum absolute atomic E-state index is 11.5. The molecule has 4 rings (SSSR count).